The van der Waals surface area contributed by atoms with E-state index in [9.17, 15) is 4.79 Å². The van der Waals surface area contributed by atoms with E-state index in [2.05, 4.69) is 49.7 Å². The van der Waals surface area contributed by atoms with Gasteiger partial charge in [-0.25, -0.2) is 4.99 Å². The summed E-state index contributed by atoms with van der Waals surface area (Å²) in [4.78, 5) is 20.0. The van der Waals surface area contributed by atoms with E-state index in [0.717, 1.165) is 44.1 Å². The lowest BCUT2D eigenvalue weighted by Crippen LogP contribution is -2.49. The molecule has 8 heteroatoms. The van der Waals surface area contributed by atoms with Crippen molar-refractivity contribution in [2.45, 2.75) is 25.6 Å². The molecule has 1 aromatic rings. The fourth-order valence-corrected chi connectivity index (χ4v) is 3.48. The summed E-state index contributed by atoms with van der Waals surface area (Å²) in [6.07, 6.45) is 1.82. The highest BCUT2D eigenvalue weighted by Gasteiger charge is 2.22. The fraction of sp³-hybridized carbons (Fsp3) is 0.444. The third-order valence-electron chi connectivity index (χ3n) is 4.43. The van der Waals surface area contributed by atoms with Crippen LogP contribution in [-0.4, -0.2) is 53.3 Å². The number of benzene rings is 1. The van der Waals surface area contributed by atoms with Crippen molar-refractivity contribution >= 4 is 34.9 Å². The Labute approximate surface area is 163 Å². The number of aliphatic imine (C=N–C) groups is 1. The van der Waals surface area contributed by atoms with Gasteiger partial charge in [-0.15, -0.1) is 0 Å². The van der Waals surface area contributed by atoms with Gasteiger partial charge in [0.15, 0.2) is 5.62 Å². The Morgan fingerprint density at radius 1 is 1.23 bits per heavy atom. The molecule has 2 aliphatic rings. The molecule has 0 spiro atoms. The predicted molar refractivity (Wildman–Crippen MR) is 105 cm³/mol. The van der Waals surface area contributed by atoms with Gasteiger partial charge < -0.3 is 15.5 Å². The summed E-state index contributed by atoms with van der Waals surface area (Å²) < 4.78 is 0. The van der Waals surface area contributed by atoms with Gasteiger partial charge in [-0.05, 0) is 11.1 Å². The maximum atomic E-state index is 11.0. The Kier molecular flexibility index (Phi) is 6.40. The maximum Gasteiger partial charge on any atom is 0.217 e. The molecule has 1 amide bonds. The number of alkyl halides is 1. The molecule has 2 N–H and O–H groups in total. The number of hydrogen-bond acceptors (Lipinski definition) is 5. The van der Waals surface area contributed by atoms with Crippen LogP contribution in [0.3, 0.4) is 0 Å². The van der Waals surface area contributed by atoms with Gasteiger partial charge in [0.1, 0.15) is 11.0 Å². The Morgan fingerprint density at radius 2 is 1.88 bits per heavy atom. The van der Waals surface area contributed by atoms with Gasteiger partial charge in [0.2, 0.25) is 5.91 Å². The zero-order valence-corrected chi connectivity index (χ0v) is 16.2. The third kappa shape index (κ3) is 5.37. The van der Waals surface area contributed by atoms with Gasteiger partial charge in [0.25, 0.3) is 0 Å². The SMILES string of the molecule is CC(=O)NCc1ccc(CN2CCN(C3=NC(Cl)NC(Cl)=C3)CC2)cc1. The van der Waals surface area contributed by atoms with Crippen molar-refractivity contribution in [1.29, 1.82) is 0 Å². The highest BCUT2D eigenvalue weighted by molar-refractivity contribution is 6.32. The molecule has 2 heterocycles. The van der Waals surface area contributed by atoms with Crippen LogP contribution in [-0.2, 0) is 17.9 Å². The van der Waals surface area contributed by atoms with Gasteiger partial charge in [0, 0.05) is 52.3 Å². The number of amidine groups is 1. The summed E-state index contributed by atoms with van der Waals surface area (Å²) in [5.74, 6) is 0.831. The molecule has 0 bridgehead atoms. The molecular weight excluding hydrogens is 373 g/mol. The molecule has 0 aromatic heterocycles. The zero-order chi connectivity index (χ0) is 18.5. The van der Waals surface area contributed by atoms with E-state index < -0.39 is 5.62 Å². The van der Waals surface area contributed by atoms with Crippen molar-refractivity contribution in [1.82, 2.24) is 20.4 Å². The zero-order valence-electron chi connectivity index (χ0n) is 14.7. The molecule has 26 heavy (non-hydrogen) atoms. The lowest BCUT2D eigenvalue weighted by atomic mass is 10.1. The number of nitrogens with one attached hydrogen (secondary N) is 2. The number of nitrogens with zero attached hydrogens (tertiary/aromatic N) is 3. The number of piperazine rings is 1. The fourth-order valence-electron chi connectivity index (χ4n) is 3.01. The number of rotatable bonds is 4. The first kappa shape index (κ1) is 19.0. The van der Waals surface area contributed by atoms with Crippen LogP contribution in [0.15, 0.2) is 40.5 Å². The van der Waals surface area contributed by atoms with Crippen LogP contribution in [0.1, 0.15) is 18.1 Å². The highest BCUT2D eigenvalue weighted by Crippen LogP contribution is 2.15. The molecule has 0 saturated carbocycles. The van der Waals surface area contributed by atoms with Crippen LogP contribution in [0, 0.1) is 0 Å². The second-order valence-corrected chi connectivity index (χ2v) is 7.27. The van der Waals surface area contributed by atoms with E-state index in [4.69, 9.17) is 23.2 Å². The molecule has 3 rings (SSSR count). The Bertz CT molecular complexity index is 696. The quantitative estimate of drug-likeness (QED) is 0.604. The minimum atomic E-state index is -0.503. The molecule has 1 atom stereocenters. The first-order valence-corrected chi connectivity index (χ1v) is 9.46. The van der Waals surface area contributed by atoms with Crippen LogP contribution in [0.2, 0.25) is 0 Å². The van der Waals surface area contributed by atoms with Crippen LogP contribution < -0.4 is 10.6 Å². The Morgan fingerprint density at radius 3 is 2.50 bits per heavy atom. The molecule has 1 saturated heterocycles. The number of hydrogen-bond donors (Lipinski definition) is 2. The van der Waals surface area contributed by atoms with Crippen LogP contribution in [0.4, 0.5) is 0 Å². The van der Waals surface area contributed by atoms with E-state index in [-0.39, 0.29) is 5.91 Å². The summed E-state index contributed by atoms with van der Waals surface area (Å²) >= 11 is 12.1. The lowest BCUT2D eigenvalue weighted by molar-refractivity contribution is -0.119. The summed E-state index contributed by atoms with van der Waals surface area (Å²) in [5.41, 5.74) is 1.88. The van der Waals surface area contributed by atoms with Crippen LogP contribution in [0.5, 0.6) is 0 Å². The van der Waals surface area contributed by atoms with Crippen molar-refractivity contribution in [3.63, 3.8) is 0 Å². The van der Waals surface area contributed by atoms with E-state index in [1.54, 1.807) is 0 Å². The highest BCUT2D eigenvalue weighted by atomic mass is 35.5. The summed E-state index contributed by atoms with van der Waals surface area (Å²) in [6.45, 7) is 6.71. The smallest absolute Gasteiger partial charge is 0.217 e. The second-order valence-electron chi connectivity index (χ2n) is 6.45. The van der Waals surface area contributed by atoms with Crippen molar-refractivity contribution < 1.29 is 4.79 Å². The van der Waals surface area contributed by atoms with E-state index in [0.29, 0.717) is 11.7 Å². The van der Waals surface area contributed by atoms with Gasteiger partial charge in [-0.3, -0.25) is 9.69 Å². The van der Waals surface area contributed by atoms with Gasteiger partial charge in [0.05, 0.1) is 0 Å². The van der Waals surface area contributed by atoms with Gasteiger partial charge in [-0.1, -0.05) is 47.5 Å². The second kappa shape index (κ2) is 8.75. The number of carbonyl (C=O) groups is 1. The molecule has 140 valence electrons. The molecule has 1 fully saturated rings. The number of amides is 1. The Hall–Kier alpha value is -1.76. The summed E-state index contributed by atoms with van der Waals surface area (Å²) in [7, 11) is 0. The third-order valence-corrected chi connectivity index (χ3v) is 4.85. The largest absolute Gasteiger partial charge is 0.354 e. The van der Waals surface area contributed by atoms with Crippen molar-refractivity contribution in [3.8, 4) is 0 Å². The standard InChI is InChI=1S/C18H23Cl2N5O/c1-13(26)21-11-14-2-4-15(5-3-14)12-24-6-8-25(9-7-24)17-10-16(19)22-18(20)23-17/h2-5,10,18,22H,6-9,11-12H2,1H3,(H,21,26). The molecule has 6 nitrogen and oxygen atoms in total. The molecule has 1 unspecified atom stereocenters. The minimum Gasteiger partial charge on any atom is -0.354 e. The lowest BCUT2D eigenvalue weighted by Gasteiger charge is -2.36. The van der Waals surface area contributed by atoms with Crippen molar-refractivity contribution in [2.75, 3.05) is 26.2 Å². The average Bonchev–Trinajstić information content (AvgIpc) is 2.61. The van der Waals surface area contributed by atoms with Crippen LogP contribution >= 0.6 is 23.2 Å². The van der Waals surface area contributed by atoms with Crippen molar-refractivity contribution in [2.24, 2.45) is 4.99 Å². The molecule has 2 aliphatic heterocycles. The molecule has 1 aromatic carbocycles. The van der Waals surface area contributed by atoms with E-state index in [1.807, 2.05) is 6.08 Å². The van der Waals surface area contributed by atoms with E-state index >= 15 is 0 Å². The number of halogens is 2. The van der Waals surface area contributed by atoms with Crippen LogP contribution in [0.25, 0.3) is 0 Å². The van der Waals surface area contributed by atoms with Gasteiger partial charge in [-0.2, -0.15) is 0 Å². The van der Waals surface area contributed by atoms with Crippen molar-refractivity contribution in [3.05, 3.63) is 46.6 Å². The monoisotopic (exact) mass is 395 g/mol. The average molecular weight is 396 g/mol. The number of carbonyl (C=O) groups excluding carboxylic acids is 1. The van der Waals surface area contributed by atoms with Gasteiger partial charge >= 0.3 is 0 Å². The minimum absolute atomic E-state index is 0.0121. The maximum absolute atomic E-state index is 11.0. The first-order valence-electron chi connectivity index (χ1n) is 8.65. The Balaban J connectivity index is 1.49. The summed E-state index contributed by atoms with van der Waals surface area (Å²) in [6, 6.07) is 8.39. The molecule has 0 aliphatic carbocycles. The summed E-state index contributed by atoms with van der Waals surface area (Å²) in [5, 5.41) is 6.19. The molecular formula is C18H23Cl2N5O. The van der Waals surface area contributed by atoms with E-state index in [1.165, 1.54) is 12.5 Å². The predicted octanol–water partition coefficient (Wildman–Crippen LogP) is 2.04. The molecule has 0 radical (unpaired) electrons. The first-order chi connectivity index (χ1) is 12.5. The normalized spacial score (nSPS) is 20.9. The topological polar surface area (TPSA) is 60.0 Å².